The van der Waals surface area contributed by atoms with Crippen LogP contribution in [-0.2, 0) is 4.79 Å². The van der Waals surface area contributed by atoms with Gasteiger partial charge in [-0.25, -0.2) is 0 Å². The molecule has 1 aromatic rings. The summed E-state index contributed by atoms with van der Waals surface area (Å²) in [6, 6.07) is 3.35. The second-order valence-electron chi connectivity index (χ2n) is 4.66. The van der Waals surface area contributed by atoms with Gasteiger partial charge in [-0.15, -0.1) is 0 Å². The third-order valence-corrected chi connectivity index (χ3v) is 3.07. The van der Waals surface area contributed by atoms with Crippen LogP contribution in [0.5, 0.6) is 11.5 Å². The van der Waals surface area contributed by atoms with Gasteiger partial charge in [-0.05, 0) is 30.2 Å². The van der Waals surface area contributed by atoms with E-state index < -0.39 is 0 Å². The topological polar surface area (TPSA) is 64.8 Å². The Morgan fingerprint density at radius 2 is 1.79 bits per heavy atom. The fraction of sp³-hybridized carbons (Fsp3) is 0.500. The molecule has 1 amide bonds. The predicted octanol–water partition coefficient (Wildman–Crippen LogP) is 1.49. The lowest BCUT2D eigenvalue weighted by Crippen LogP contribution is -2.26. The van der Waals surface area contributed by atoms with E-state index in [-0.39, 0.29) is 18.4 Å². The minimum atomic E-state index is -0.352. The van der Waals surface area contributed by atoms with Crippen molar-refractivity contribution in [3.63, 3.8) is 0 Å². The van der Waals surface area contributed by atoms with E-state index in [1.165, 1.54) is 4.90 Å². The molecule has 19 heavy (non-hydrogen) atoms. The summed E-state index contributed by atoms with van der Waals surface area (Å²) in [6.07, 6.45) is 0.267. The summed E-state index contributed by atoms with van der Waals surface area (Å²) in [7, 11) is 6.60. The van der Waals surface area contributed by atoms with Gasteiger partial charge in [0.2, 0.25) is 5.91 Å². The molecule has 0 saturated heterocycles. The predicted molar refractivity (Wildman–Crippen MR) is 74.5 cm³/mol. The Morgan fingerprint density at radius 1 is 1.26 bits per heavy atom. The van der Waals surface area contributed by atoms with E-state index in [2.05, 4.69) is 0 Å². The van der Waals surface area contributed by atoms with Crippen molar-refractivity contribution >= 4 is 5.91 Å². The molecule has 0 aromatic heterocycles. The number of amides is 1. The first-order valence-corrected chi connectivity index (χ1v) is 6.09. The highest BCUT2D eigenvalue weighted by molar-refractivity contribution is 5.76. The average Bonchev–Trinajstić information content (AvgIpc) is 2.37. The summed E-state index contributed by atoms with van der Waals surface area (Å²) in [5.74, 6) is 1.28. The Kier molecular flexibility index (Phi) is 5.18. The molecule has 0 saturated carbocycles. The van der Waals surface area contributed by atoms with E-state index in [1.54, 1.807) is 28.3 Å². The van der Waals surface area contributed by atoms with Crippen molar-refractivity contribution in [3.05, 3.63) is 23.3 Å². The number of aryl methyl sites for hydroxylation is 1. The molecule has 1 unspecified atom stereocenters. The lowest BCUT2D eigenvalue weighted by molar-refractivity contribution is -0.129. The molecule has 0 heterocycles. The Balaban J connectivity index is 3.03. The Morgan fingerprint density at radius 3 is 2.26 bits per heavy atom. The molecule has 1 aromatic carbocycles. The lowest BCUT2D eigenvalue weighted by atomic mass is 9.98. The third-order valence-electron chi connectivity index (χ3n) is 3.07. The van der Waals surface area contributed by atoms with Crippen LogP contribution in [0.1, 0.15) is 23.6 Å². The molecule has 5 nitrogen and oxygen atoms in total. The molecule has 0 fully saturated rings. The van der Waals surface area contributed by atoms with Crippen molar-refractivity contribution in [2.24, 2.45) is 5.73 Å². The van der Waals surface area contributed by atoms with Gasteiger partial charge in [-0.3, -0.25) is 4.79 Å². The number of rotatable bonds is 5. The maximum Gasteiger partial charge on any atom is 0.223 e. The maximum absolute atomic E-state index is 11.7. The van der Waals surface area contributed by atoms with E-state index in [1.807, 2.05) is 19.1 Å². The van der Waals surface area contributed by atoms with Crippen LogP contribution in [0.4, 0.5) is 0 Å². The zero-order valence-corrected chi connectivity index (χ0v) is 12.2. The first-order chi connectivity index (χ1) is 8.90. The largest absolute Gasteiger partial charge is 0.493 e. The van der Waals surface area contributed by atoms with Crippen LogP contribution in [0.3, 0.4) is 0 Å². The van der Waals surface area contributed by atoms with Gasteiger partial charge in [0.05, 0.1) is 14.2 Å². The normalized spacial score (nSPS) is 11.9. The quantitative estimate of drug-likeness (QED) is 0.877. The van der Waals surface area contributed by atoms with Crippen molar-refractivity contribution in [3.8, 4) is 11.5 Å². The number of benzene rings is 1. The molecular formula is C14H22N2O3. The standard InChI is InChI=1S/C14H22N2O3/c1-9-6-12(18-4)13(19-5)7-10(9)11(15)8-14(17)16(2)3/h6-7,11H,8,15H2,1-5H3. The molecule has 0 aliphatic carbocycles. The van der Waals surface area contributed by atoms with Gasteiger partial charge in [-0.1, -0.05) is 0 Å². The summed E-state index contributed by atoms with van der Waals surface area (Å²) in [6.45, 7) is 1.94. The Labute approximate surface area is 114 Å². The van der Waals surface area contributed by atoms with Gasteiger partial charge in [0.15, 0.2) is 11.5 Å². The van der Waals surface area contributed by atoms with Gasteiger partial charge in [0, 0.05) is 26.6 Å². The van der Waals surface area contributed by atoms with E-state index in [4.69, 9.17) is 15.2 Å². The van der Waals surface area contributed by atoms with Crippen molar-refractivity contribution in [1.82, 2.24) is 4.90 Å². The van der Waals surface area contributed by atoms with Gasteiger partial charge in [0.1, 0.15) is 0 Å². The first-order valence-electron chi connectivity index (χ1n) is 6.09. The highest BCUT2D eigenvalue weighted by Crippen LogP contribution is 2.33. The number of carbonyl (C=O) groups is 1. The Bertz CT molecular complexity index is 458. The van der Waals surface area contributed by atoms with Crippen molar-refractivity contribution in [1.29, 1.82) is 0 Å². The zero-order valence-electron chi connectivity index (χ0n) is 12.2. The Hall–Kier alpha value is -1.75. The molecule has 5 heteroatoms. The third kappa shape index (κ3) is 3.61. The van der Waals surface area contributed by atoms with Crippen LogP contribution >= 0.6 is 0 Å². The second-order valence-corrected chi connectivity index (χ2v) is 4.66. The number of carbonyl (C=O) groups excluding carboxylic acids is 1. The van der Waals surface area contributed by atoms with Crippen LogP contribution in [0.2, 0.25) is 0 Å². The lowest BCUT2D eigenvalue weighted by Gasteiger charge is -2.19. The van der Waals surface area contributed by atoms with Crippen LogP contribution in [-0.4, -0.2) is 39.1 Å². The zero-order chi connectivity index (χ0) is 14.6. The number of hydrogen-bond acceptors (Lipinski definition) is 4. The van der Waals surface area contributed by atoms with Gasteiger partial charge >= 0.3 is 0 Å². The monoisotopic (exact) mass is 266 g/mol. The molecule has 2 N–H and O–H groups in total. The molecule has 0 spiro atoms. The molecule has 106 valence electrons. The van der Waals surface area contributed by atoms with E-state index in [0.717, 1.165) is 11.1 Å². The van der Waals surface area contributed by atoms with Crippen LogP contribution in [0.25, 0.3) is 0 Å². The van der Waals surface area contributed by atoms with Gasteiger partial charge in [-0.2, -0.15) is 0 Å². The number of hydrogen-bond donors (Lipinski definition) is 1. The molecule has 1 rings (SSSR count). The SMILES string of the molecule is COc1cc(C)c(C(N)CC(=O)N(C)C)cc1OC. The summed E-state index contributed by atoms with van der Waals surface area (Å²) < 4.78 is 10.5. The van der Waals surface area contributed by atoms with Crippen molar-refractivity contribution in [2.45, 2.75) is 19.4 Å². The molecule has 0 aliphatic rings. The minimum Gasteiger partial charge on any atom is -0.493 e. The van der Waals surface area contributed by atoms with E-state index in [9.17, 15) is 4.79 Å². The van der Waals surface area contributed by atoms with Crippen LogP contribution in [0, 0.1) is 6.92 Å². The average molecular weight is 266 g/mol. The molecule has 0 bridgehead atoms. The van der Waals surface area contributed by atoms with E-state index in [0.29, 0.717) is 11.5 Å². The maximum atomic E-state index is 11.7. The van der Waals surface area contributed by atoms with Crippen molar-refractivity contribution < 1.29 is 14.3 Å². The van der Waals surface area contributed by atoms with E-state index >= 15 is 0 Å². The van der Waals surface area contributed by atoms with Crippen LogP contribution in [0.15, 0.2) is 12.1 Å². The van der Waals surface area contributed by atoms with Crippen LogP contribution < -0.4 is 15.2 Å². The summed E-state index contributed by atoms with van der Waals surface area (Å²) >= 11 is 0. The van der Waals surface area contributed by atoms with Crippen molar-refractivity contribution in [2.75, 3.05) is 28.3 Å². The molecule has 1 atom stereocenters. The summed E-state index contributed by atoms with van der Waals surface area (Å²) in [5.41, 5.74) is 7.99. The smallest absolute Gasteiger partial charge is 0.223 e. The molecular weight excluding hydrogens is 244 g/mol. The first kappa shape index (κ1) is 15.3. The fourth-order valence-corrected chi connectivity index (χ4v) is 1.88. The number of methoxy groups -OCH3 is 2. The summed E-state index contributed by atoms with van der Waals surface area (Å²) in [4.78, 5) is 13.2. The summed E-state index contributed by atoms with van der Waals surface area (Å²) in [5, 5.41) is 0. The van der Waals surface area contributed by atoms with Gasteiger partial charge in [0.25, 0.3) is 0 Å². The fourth-order valence-electron chi connectivity index (χ4n) is 1.88. The molecule has 0 radical (unpaired) electrons. The minimum absolute atomic E-state index is 0.00156. The second kappa shape index (κ2) is 6.43. The number of nitrogens with two attached hydrogens (primary N) is 1. The number of ether oxygens (including phenoxy) is 2. The number of nitrogens with zero attached hydrogens (tertiary/aromatic N) is 1. The molecule has 0 aliphatic heterocycles. The highest BCUT2D eigenvalue weighted by atomic mass is 16.5. The highest BCUT2D eigenvalue weighted by Gasteiger charge is 2.17. The van der Waals surface area contributed by atoms with Gasteiger partial charge < -0.3 is 20.1 Å².